The molecule has 4 heteroatoms. The second kappa shape index (κ2) is 21.9. The van der Waals surface area contributed by atoms with Crippen molar-refractivity contribution in [3.05, 3.63) is 289 Å². The molecular formula is C71H56O4. The summed E-state index contributed by atoms with van der Waals surface area (Å²) in [5.74, 6) is 3.30. The molecule has 0 radical (unpaired) electrons. The van der Waals surface area contributed by atoms with E-state index in [1.54, 1.807) is 0 Å². The van der Waals surface area contributed by atoms with Gasteiger partial charge in [0.25, 0.3) is 0 Å². The molecule has 0 heterocycles. The maximum absolute atomic E-state index is 7.04. The molecule has 0 saturated heterocycles. The Morgan fingerprint density at radius 3 is 0.960 bits per heavy atom. The van der Waals surface area contributed by atoms with Crippen LogP contribution >= 0.6 is 0 Å². The molecule has 0 saturated carbocycles. The van der Waals surface area contributed by atoms with Gasteiger partial charge < -0.3 is 18.9 Å². The third kappa shape index (κ3) is 10.2. The second-order valence-electron chi connectivity index (χ2n) is 19.1. The van der Waals surface area contributed by atoms with Gasteiger partial charge in [-0.25, -0.2) is 0 Å². The highest BCUT2D eigenvalue weighted by molar-refractivity contribution is 6.09. The number of hydrogen-bond acceptors (Lipinski definition) is 4. The monoisotopic (exact) mass is 972 g/mol. The van der Waals surface area contributed by atoms with Gasteiger partial charge in [-0.05, 0) is 132 Å². The van der Waals surface area contributed by atoms with E-state index in [1.165, 1.54) is 0 Å². The van der Waals surface area contributed by atoms with Crippen molar-refractivity contribution in [2.75, 3.05) is 13.2 Å². The summed E-state index contributed by atoms with van der Waals surface area (Å²) in [5.41, 5.74) is 8.66. The van der Waals surface area contributed by atoms with Crippen molar-refractivity contribution in [1.29, 1.82) is 0 Å². The number of unbranched alkanes of at least 4 members (excludes halogenated alkanes) is 2. The van der Waals surface area contributed by atoms with Gasteiger partial charge in [-0.15, -0.1) is 0 Å². The fraction of sp³-hybridized carbons (Fsp3) is 0.0986. The first-order valence-corrected chi connectivity index (χ1v) is 26.1. The number of ether oxygens (including phenoxy) is 4. The summed E-state index contributed by atoms with van der Waals surface area (Å²) in [6, 6.07) is 93.5. The van der Waals surface area contributed by atoms with E-state index >= 15 is 0 Å². The molecule has 12 rings (SSSR count). The molecule has 0 atom stereocenters. The predicted octanol–water partition coefficient (Wildman–Crippen LogP) is 18.6. The van der Waals surface area contributed by atoms with Crippen molar-refractivity contribution in [3.8, 4) is 45.3 Å². The van der Waals surface area contributed by atoms with Crippen LogP contribution in [0.4, 0.5) is 0 Å². The molecule has 0 bridgehead atoms. The quantitative estimate of drug-likeness (QED) is 0.0803. The summed E-state index contributed by atoms with van der Waals surface area (Å²) < 4.78 is 27.8. The maximum Gasteiger partial charge on any atom is 0.149 e. The van der Waals surface area contributed by atoms with Crippen molar-refractivity contribution in [2.45, 2.75) is 31.5 Å². The van der Waals surface area contributed by atoms with Gasteiger partial charge >= 0.3 is 0 Å². The van der Waals surface area contributed by atoms with Crippen molar-refractivity contribution in [3.63, 3.8) is 0 Å². The largest absolute Gasteiger partial charge is 0.493 e. The summed E-state index contributed by atoms with van der Waals surface area (Å²) in [6.45, 7) is 1.13. The lowest BCUT2D eigenvalue weighted by Crippen LogP contribution is -2.09. The van der Waals surface area contributed by atoms with Gasteiger partial charge in [0.1, 0.15) is 35.2 Å². The highest BCUT2D eigenvalue weighted by Gasteiger charge is 2.22. The average Bonchev–Trinajstić information content (AvgIpc) is 3.48. The number of rotatable bonds is 18. The van der Waals surface area contributed by atoms with E-state index in [0.717, 1.165) is 130 Å². The van der Waals surface area contributed by atoms with Crippen molar-refractivity contribution < 1.29 is 18.9 Å². The molecule has 0 fully saturated rings. The Balaban J connectivity index is 0.795. The molecule has 0 aliphatic heterocycles. The zero-order valence-corrected chi connectivity index (χ0v) is 41.7. The van der Waals surface area contributed by atoms with E-state index in [1.807, 2.05) is 24.3 Å². The molecule has 0 amide bonds. The molecule has 75 heavy (non-hydrogen) atoms. The highest BCUT2D eigenvalue weighted by atomic mass is 16.5. The smallest absolute Gasteiger partial charge is 0.149 e. The third-order valence-electron chi connectivity index (χ3n) is 14.2. The Morgan fingerprint density at radius 1 is 0.267 bits per heavy atom. The zero-order valence-electron chi connectivity index (χ0n) is 41.7. The molecule has 0 aliphatic carbocycles. The summed E-state index contributed by atoms with van der Waals surface area (Å²) in [5, 5.41) is 9.07. The van der Waals surface area contributed by atoms with Crippen LogP contribution in [-0.4, -0.2) is 13.2 Å². The Morgan fingerprint density at radius 2 is 0.587 bits per heavy atom. The first-order chi connectivity index (χ1) is 37.2. The van der Waals surface area contributed by atoms with Crippen LogP contribution in [0.1, 0.15) is 53.7 Å². The number of fused-ring (bicyclic) bond motifs is 4. The lowest BCUT2D eigenvalue weighted by atomic mass is 9.92. The Labute approximate surface area is 439 Å². The standard InChI is InChI=1S/C71H56O4/c1-6-26-52(27-7-1)70(53-28-8-2-9-29-53)74-58-46-56-34-16-18-36-60(56)64(48-58)68-62-38-20-14-24-50(62)40-42-66(68)72-44-22-5-23-45-73-67-43-41-51-25-15-21-39-63(51)69(67)65-49-59(47-57-35-17-19-37-61(57)65)75-71(54-30-10-3-11-31-54)55-32-12-4-13-33-55/h1-4,6-21,24-43,46-49,70-71H,5,22-23,44-45H2. The Bertz CT molecular complexity index is 3540. The molecule has 12 aromatic carbocycles. The van der Waals surface area contributed by atoms with Gasteiger partial charge in [0, 0.05) is 11.1 Å². The van der Waals surface area contributed by atoms with Crippen molar-refractivity contribution in [1.82, 2.24) is 0 Å². The van der Waals surface area contributed by atoms with E-state index in [-0.39, 0.29) is 12.2 Å². The lowest BCUT2D eigenvalue weighted by Gasteiger charge is -2.22. The van der Waals surface area contributed by atoms with E-state index in [4.69, 9.17) is 18.9 Å². The van der Waals surface area contributed by atoms with Gasteiger partial charge in [-0.1, -0.05) is 231 Å². The lowest BCUT2D eigenvalue weighted by molar-refractivity contribution is 0.247. The van der Waals surface area contributed by atoms with Crippen molar-refractivity contribution in [2.24, 2.45) is 0 Å². The van der Waals surface area contributed by atoms with Gasteiger partial charge in [-0.3, -0.25) is 0 Å². The van der Waals surface area contributed by atoms with Crippen LogP contribution in [0.2, 0.25) is 0 Å². The van der Waals surface area contributed by atoms with Crippen LogP contribution in [0, 0.1) is 0 Å². The van der Waals surface area contributed by atoms with Crippen molar-refractivity contribution >= 4 is 43.1 Å². The van der Waals surface area contributed by atoms with Crippen LogP contribution in [0.5, 0.6) is 23.0 Å². The summed E-state index contributed by atoms with van der Waals surface area (Å²) >= 11 is 0. The minimum absolute atomic E-state index is 0.286. The third-order valence-corrected chi connectivity index (χ3v) is 14.2. The maximum atomic E-state index is 7.04. The SMILES string of the molecule is c1ccc(C(Oc2cc(-c3c(OCCCCCOc4ccc5ccccc5c4-c4cc(OC(c5ccccc5)c5ccccc5)cc5ccccc45)ccc4ccccc34)c3ccccc3c2)c2ccccc2)cc1. The molecule has 0 aromatic heterocycles. The molecule has 0 unspecified atom stereocenters. The second-order valence-corrected chi connectivity index (χ2v) is 19.1. The Kier molecular flexibility index (Phi) is 13.7. The number of hydrogen-bond donors (Lipinski definition) is 0. The molecular weight excluding hydrogens is 917 g/mol. The summed E-state index contributed by atoms with van der Waals surface area (Å²) in [7, 11) is 0. The van der Waals surface area contributed by atoms with Crippen LogP contribution < -0.4 is 18.9 Å². The van der Waals surface area contributed by atoms with E-state index in [9.17, 15) is 0 Å². The molecule has 364 valence electrons. The normalized spacial score (nSPS) is 11.4. The molecule has 0 aliphatic rings. The van der Waals surface area contributed by atoms with E-state index < -0.39 is 0 Å². The summed E-state index contributed by atoms with van der Waals surface area (Å²) in [4.78, 5) is 0. The molecule has 0 N–H and O–H groups in total. The first-order valence-electron chi connectivity index (χ1n) is 26.1. The molecule has 4 nitrogen and oxygen atoms in total. The minimum Gasteiger partial charge on any atom is -0.493 e. The highest BCUT2D eigenvalue weighted by Crippen LogP contribution is 2.46. The Hall–Kier alpha value is -9.12. The zero-order chi connectivity index (χ0) is 50.2. The van der Waals surface area contributed by atoms with Gasteiger partial charge in [0.2, 0.25) is 0 Å². The average molecular weight is 973 g/mol. The van der Waals surface area contributed by atoms with E-state index in [2.05, 4.69) is 243 Å². The molecule has 12 aromatic rings. The first kappa shape index (κ1) is 46.9. The van der Waals surface area contributed by atoms with E-state index in [0.29, 0.717) is 13.2 Å². The fourth-order valence-corrected chi connectivity index (χ4v) is 10.6. The van der Waals surface area contributed by atoms with Crippen LogP contribution in [0.25, 0.3) is 65.3 Å². The topological polar surface area (TPSA) is 36.9 Å². The van der Waals surface area contributed by atoms with Crippen LogP contribution in [0.15, 0.2) is 267 Å². The van der Waals surface area contributed by atoms with Gasteiger partial charge in [0.05, 0.1) is 13.2 Å². The minimum atomic E-state index is -0.286. The fourth-order valence-electron chi connectivity index (χ4n) is 10.6. The predicted molar refractivity (Wildman–Crippen MR) is 309 cm³/mol. The molecule has 0 spiro atoms. The van der Waals surface area contributed by atoms with Crippen LogP contribution in [0.3, 0.4) is 0 Å². The van der Waals surface area contributed by atoms with Gasteiger partial charge in [0.15, 0.2) is 0 Å². The van der Waals surface area contributed by atoms with Crippen LogP contribution in [-0.2, 0) is 0 Å². The number of benzene rings is 12. The summed E-state index contributed by atoms with van der Waals surface area (Å²) in [6.07, 6.45) is 2.10. The van der Waals surface area contributed by atoms with Gasteiger partial charge in [-0.2, -0.15) is 0 Å².